The van der Waals surface area contributed by atoms with E-state index in [0.29, 0.717) is 52.7 Å². The number of benzene rings is 1. The second-order valence-corrected chi connectivity index (χ2v) is 15.3. The number of likely N-dealkylation sites (tertiary alicyclic amines) is 3. The third-order valence-electron chi connectivity index (χ3n) is 9.58. The number of nitrogens with zero attached hydrogens (tertiary/aromatic N) is 4. The SMILES string of the molecule is CC(C)(C)OC(=O)N1CCC(N2CC(N3CCC(COc4cc(F)c5c(=O)[nH]c(CSC6CCOCC6)nc5c4)CC3)C2)CC1. The normalized spacial score (nSPS) is 22.1. The number of piperidine rings is 2. The molecule has 0 radical (unpaired) electrons. The number of aromatic nitrogens is 2. The largest absolute Gasteiger partial charge is 0.493 e. The van der Waals surface area contributed by atoms with Crippen molar-refractivity contribution >= 4 is 28.8 Å². The minimum absolute atomic E-state index is 0.0152. The van der Waals surface area contributed by atoms with E-state index >= 15 is 0 Å². The summed E-state index contributed by atoms with van der Waals surface area (Å²) in [6.07, 6.45) is 5.88. The Labute approximate surface area is 269 Å². The molecule has 6 rings (SSSR count). The molecule has 4 saturated heterocycles. The van der Waals surface area contributed by atoms with Gasteiger partial charge in [0.25, 0.3) is 5.56 Å². The van der Waals surface area contributed by atoms with E-state index in [1.807, 2.05) is 25.7 Å². The number of carbonyl (C=O) groups excluding carboxylic acids is 1. The first kappa shape index (κ1) is 32.5. The van der Waals surface area contributed by atoms with Crippen molar-refractivity contribution in [3.8, 4) is 5.75 Å². The van der Waals surface area contributed by atoms with Gasteiger partial charge in [0.2, 0.25) is 0 Å². The van der Waals surface area contributed by atoms with Crippen molar-refractivity contribution in [3.05, 3.63) is 34.1 Å². The number of ether oxygens (including phenoxy) is 3. The lowest BCUT2D eigenvalue weighted by atomic mass is 9.92. The van der Waals surface area contributed by atoms with Crippen LogP contribution in [0.4, 0.5) is 9.18 Å². The van der Waals surface area contributed by atoms with Crippen LogP contribution in [0.2, 0.25) is 0 Å². The molecule has 248 valence electrons. The van der Waals surface area contributed by atoms with Gasteiger partial charge in [-0.15, -0.1) is 0 Å². The van der Waals surface area contributed by atoms with Crippen molar-refractivity contribution in [1.29, 1.82) is 0 Å². The van der Waals surface area contributed by atoms with Crippen molar-refractivity contribution < 1.29 is 23.4 Å². The third-order valence-corrected chi connectivity index (χ3v) is 11.0. The molecule has 2 aromatic rings. The summed E-state index contributed by atoms with van der Waals surface area (Å²) in [5, 5.41) is 0.468. The molecule has 10 nitrogen and oxygen atoms in total. The van der Waals surface area contributed by atoms with Crippen LogP contribution in [0, 0.1) is 11.7 Å². The monoisotopic (exact) mass is 645 g/mol. The molecule has 0 unspecified atom stereocenters. The van der Waals surface area contributed by atoms with Crippen LogP contribution >= 0.6 is 11.8 Å². The van der Waals surface area contributed by atoms with Crippen LogP contribution < -0.4 is 10.3 Å². The zero-order valence-electron chi connectivity index (χ0n) is 26.9. The number of aromatic amines is 1. The lowest BCUT2D eigenvalue weighted by molar-refractivity contribution is -0.0314. The molecule has 0 saturated carbocycles. The summed E-state index contributed by atoms with van der Waals surface area (Å²) in [5.74, 6) is 1.38. The number of amides is 1. The van der Waals surface area contributed by atoms with E-state index in [-0.39, 0.29) is 11.5 Å². The van der Waals surface area contributed by atoms with E-state index in [9.17, 15) is 14.0 Å². The molecule has 5 heterocycles. The maximum absolute atomic E-state index is 15.0. The molecule has 0 aliphatic carbocycles. The number of hydrogen-bond acceptors (Lipinski definition) is 9. The average Bonchev–Trinajstić information content (AvgIpc) is 2.98. The van der Waals surface area contributed by atoms with Gasteiger partial charge in [0.1, 0.15) is 28.4 Å². The zero-order chi connectivity index (χ0) is 31.6. The predicted molar refractivity (Wildman–Crippen MR) is 173 cm³/mol. The minimum atomic E-state index is -0.597. The first-order valence-electron chi connectivity index (χ1n) is 16.6. The molecule has 4 fully saturated rings. The van der Waals surface area contributed by atoms with E-state index in [4.69, 9.17) is 14.2 Å². The van der Waals surface area contributed by atoms with E-state index < -0.39 is 17.0 Å². The van der Waals surface area contributed by atoms with Crippen LogP contribution in [0.1, 0.15) is 65.1 Å². The van der Waals surface area contributed by atoms with Gasteiger partial charge in [0, 0.05) is 68.9 Å². The molecular weight excluding hydrogens is 597 g/mol. The number of H-pyrrole nitrogens is 1. The van der Waals surface area contributed by atoms with Gasteiger partial charge in [-0.05, 0) is 78.3 Å². The standard InChI is InChI=1S/C33H48FN5O5S/c1-33(2,3)44-32(41)38-12-6-23(7-13-38)39-18-24(19-39)37-10-4-22(5-11-37)20-43-25-16-27(34)30-28(17-25)35-29(36-31(30)40)21-45-26-8-14-42-15-9-26/h16-17,22-24,26H,4-15,18-21H2,1-3H3,(H,35,36,40). The fourth-order valence-electron chi connectivity index (χ4n) is 6.89. The second kappa shape index (κ2) is 14.1. The molecular formula is C33H48FN5O5S. The van der Waals surface area contributed by atoms with Gasteiger partial charge in [-0.3, -0.25) is 14.6 Å². The molecule has 0 spiro atoms. The highest BCUT2D eigenvalue weighted by Gasteiger charge is 2.39. The van der Waals surface area contributed by atoms with Crippen LogP contribution in [-0.4, -0.2) is 113 Å². The highest BCUT2D eigenvalue weighted by atomic mass is 32.2. The lowest BCUT2D eigenvalue weighted by Gasteiger charge is -2.51. The molecule has 4 aliphatic heterocycles. The van der Waals surface area contributed by atoms with Gasteiger partial charge >= 0.3 is 6.09 Å². The molecule has 0 atom stereocenters. The van der Waals surface area contributed by atoms with E-state index in [0.717, 1.165) is 91.0 Å². The molecule has 1 aromatic heterocycles. The first-order chi connectivity index (χ1) is 21.6. The Hall–Kier alpha value is -2.41. The smallest absolute Gasteiger partial charge is 0.410 e. The fraction of sp³-hybridized carbons (Fsp3) is 0.727. The van der Waals surface area contributed by atoms with Gasteiger partial charge in [0.05, 0.1) is 17.9 Å². The van der Waals surface area contributed by atoms with Gasteiger partial charge in [-0.25, -0.2) is 14.2 Å². The highest BCUT2D eigenvalue weighted by molar-refractivity contribution is 7.99. The molecule has 4 aliphatic rings. The van der Waals surface area contributed by atoms with Gasteiger partial charge in [0.15, 0.2) is 0 Å². The second-order valence-electron chi connectivity index (χ2n) is 14.0. The first-order valence-corrected chi connectivity index (χ1v) is 17.7. The van der Waals surface area contributed by atoms with Crippen LogP contribution in [-0.2, 0) is 15.2 Å². The van der Waals surface area contributed by atoms with Crippen molar-refractivity contribution in [1.82, 2.24) is 24.7 Å². The summed E-state index contributed by atoms with van der Waals surface area (Å²) < 4.78 is 32.0. The molecule has 45 heavy (non-hydrogen) atoms. The lowest BCUT2D eigenvalue weighted by Crippen LogP contribution is -2.64. The summed E-state index contributed by atoms with van der Waals surface area (Å²) in [7, 11) is 0. The quantitative estimate of drug-likeness (QED) is 0.440. The molecule has 1 amide bonds. The van der Waals surface area contributed by atoms with Gasteiger partial charge in [-0.1, -0.05) is 0 Å². The Morgan fingerprint density at radius 1 is 1.02 bits per heavy atom. The number of rotatable bonds is 8. The molecule has 12 heteroatoms. The predicted octanol–water partition coefficient (Wildman–Crippen LogP) is 4.65. The molecule has 1 aromatic carbocycles. The number of thioether (sulfide) groups is 1. The minimum Gasteiger partial charge on any atom is -0.493 e. The summed E-state index contributed by atoms with van der Waals surface area (Å²) in [4.78, 5) is 39.4. The number of carbonyl (C=O) groups is 1. The fourth-order valence-corrected chi connectivity index (χ4v) is 7.95. The summed E-state index contributed by atoms with van der Waals surface area (Å²) in [6.45, 7) is 13.6. The number of halogens is 1. The Morgan fingerprint density at radius 2 is 1.73 bits per heavy atom. The number of hydrogen-bond donors (Lipinski definition) is 1. The number of nitrogens with one attached hydrogen (secondary N) is 1. The Balaban J connectivity index is 0.930. The van der Waals surface area contributed by atoms with Crippen molar-refractivity contribution in [2.75, 3.05) is 59.1 Å². The van der Waals surface area contributed by atoms with E-state index in [2.05, 4.69) is 19.8 Å². The third kappa shape index (κ3) is 8.31. The molecule has 0 bridgehead atoms. The number of fused-ring (bicyclic) bond motifs is 1. The van der Waals surface area contributed by atoms with Gasteiger partial charge in [-0.2, -0.15) is 11.8 Å². The summed E-state index contributed by atoms with van der Waals surface area (Å²) in [5.41, 5.74) is -0.559. The Bertz CT molecular complexity index is 1370. The average molecular weight is 646 g/mol. The van der Waals surface area contributed by atoms with Crippen molar-refractivity contribution in [2.45, 2.75) is 88.0 Å². The van der Waals surface area contributed by atoms with Crippen LogP contribution in [0.15, 0.2) is 16.9 Å². The van der Waals surface area contributed by atoms with Crippen LogP contribution in [0.5, 0.6) is 5.75 Å². The summed E-state index contributed by atoms with van der Waals surface area (Å²) >= 11 is 1.76. The Morgan fingerprint density at radius 3 is 2.42 bits per heavy atom. The van der Waals surface area contributed by atoms with Crippen LogP contribution in [0.3, 0.4) is 0 Å². The topological polar surface area (TPSA) is 100 Å². The van der Waals surface area contributed by atoms with Crippen molar-refractivity contribution in [2.24, 2.45) is 5.92 Å². The maximum atomic E-state index is 15.0. The highest BCUT2D eigenvalue weighted by Crippen LogP contribution is 2.30. The van der Waals surface area contributed by atoms with Gasteiger partial charge < -0.3 is 24.1 Å². The van der Waals surface area contributed by atoms with E-state index in [1.54, 1.807) is 17.8 Å². The Kier molecular flexibility index (Phi) is 10.2. The van der Waals surface area contributed by atoms with E-state index in [1.165, 1.54) is 6.07 Å². The zero-order valence-corrected chi connectivity index (χ0v) is 27.7. The van der Waals surface area contributed by atoms with Crippen LogP contribution in [0.25, 0.3) is 10.9 Å². The maximum Gasteiger partial charge on any atom is 0.410 e. The van der Waals surface area contributed by atoms with Crippen molar-refractivity contribution in [3.63, 3.8) is 0 Å². The summed E-state index contributed by atoms with van der Waals surface area (Å²) in [6, 6.07) is 4.14. The molecule has 1 N–H and O–H groups in total.